The number of hydrogen-bond donors (Lipinski definition) is 0. The molecule has 0 aliphatic carbocycles. The lowest BCUT2D eigenvalue weighted by Gasteiger charge is -2.40. The molecular formula is C19H23FN2O4. The fourth-order valence-corrected chi connectivity index (χ4v) is 3.55. The zero-order valence-corrected chi connectivity index (χ0v) is 14.9. The van der Waals surface area contributed by atoms with Gasteiger partial charge in [0.05, 0.1) is 13.1 Å². The van der Waals surface area contributed by atoms with E-state index in [2.05, 4.69) is 0 Å². The molecule has 2 heterocycles. The van der Waals surface area contributed by atoms with E-state index in [-0.39, 0.29) is 24.2 Å². The highest BCUT2D eigenvalue weighted by Crippen LogP contribution is 2.32. The number of amides is 2. The van der Waals surface area contributed by atoms with Crippen molar-refractivity contribution in [2.24, 2.45) is 0 Å². The zero-order chi connectivity index (χ0) is 18.7. The topological polar surface area (TPSA) is 66.9 Å². The van der Waals surface area contributed by atoms with Crippen LogP contribution in [0.15, 0.2) is 24.3 Å². The maximum Gasteiger partial charge on any atom is 0.253 e. The first-order valence-corrected chi connectivity index (χ1v) is 8.86. The first-order valence-electron chi connectivity index (χ1n) is 8.86. The molecular weight excluding hydrogens is 339 g/mol. The normalized spacial score (nSPS) is 22.9. The number of halogens is 1. The molecule has 1 aromatic rings. The average molecular weight is 362 g/mol. The van der Waals surface area contributed by atoms with Gasteiger partial charge in [0.1, 0.15) is 23.8 Å². The van der Waals surface area contributed by atoms with Crippen molar-refractivity contribution in [2.75, 3.05) is 31.1 Å². The van der Waals surface area contributed by atoms with Crippen molar-refractivity contribution in [1.82, 2.24) is 4.90 Å². The number of ether oxygens (including phenoxy) is 1. The first-order chi connectivity index (χ1) is 12.4. The second kappa shape index (κ2) is 7.53. The molecule has 2 saturated heterocycles. The largest absolute Gasteiger partial charge is 0.361 e. The molecule has 0 bridgehead atoms. The van der Waals surface area contributed by atoms with Crippen LogP contribution >= 0.6 is 0 Å². The second-order valence-corrected chi connectivity index (χ2v) is 7.05. The number of hydrogen-bond acceptors (Lipinski definition) is 4. The van der Waals surface area contributed by atoms with Gasteiger partial charge in [0.15, 0.2) is 0 Å². The molecule has 140 valence electrons. The molecule has 1 atom stereocenters. The standard InChI is InChI=1S/C19H23FN2O4/c1-14(23)4-2-7-17(24)21-9-8-19(12-21)13-22(18(25)11-26-19)16-6-3-5-15(20)10-16/h3,5-6,10H,2,4,7-9,11-13H2,1H3. The monoisotopic (exact) mass is 362 g/mol. The Balaban J connectivity index is 1.64. The maximum absolute atomic E-state index is 13.5. The van der Waals surface area contributed by atoms with Gasteiger partial charge < -0.3 is 19.3 Å². The third-order valence-electron chi connectivity index (χ3n) is 4.96. The summed E-state index contributed by atoms with van der Waals surface area (Å²) in [6.45, 7) is 2.70. The molecule has 2 fully saturated rings. The van der Waals surface area contributed by atoms with E-state index in [0.29, 0.717) is 51.0 Å². The minimum absolute atomic E-state index is 0.000862. The zero-order valence-electron chi connectivity index (χ0n) is 14.9. The molecule has 3 rings (SSSR count). The fraction of sp³-hybridized carbons (Fsp3) is 0.526. The summed E-state index contributed by atoms with van der Waals surface area (Å²) in [5.74, 6) is -0.534. The van der Waals surface area contributed by atoms with Crippen LogP contribution in [0.4, 0.5) is 10.1 Å². The van der Waals surface area contributed by atoms with Crippen molar-refractivity contribution < 1.29 is 23.5 Å². The summed E-state index contributed by atoms with van der Waals surface area (Å²) in [5.41, 5.74) is -0.111. The molecule has 1 unspecified atom stereocenters. The number of nitrogens with zero attached hydrogens (tertiary/aromatic N) is 2. The molecule has 1 aromatic carbocycles. The Morgan fingerprint density at radius 2 is 2.08 bits per heavy atom. The Morgan fingerprint density at radius 1 is 1.27 bits per heavy atom. The highest BCUT2D eigenvalue weighted by Gasteiger charge is 2.46. The molecule has 0 saturated carbocycles. The molecule has 26 heavy (non-hydrogen) atoms. The average Bonchev–Trinajstić information content (AvgIpc) is 3.01. The van der Waals surface area contributed by atoms with Crippen molar-refractivity contribution >= 4 is 23.3 Å². The number of Topliss-reactive ketones (excluding diaryl/α,β-unsaturated/α-hetero) is 1. The molecule has 0 N–H and O–H groups in total. The molecule has 1 spiro atoms. The number of carbonyl (C=O) groups excluding carboxylic acids is 3. The summed E-state index contributed by atoms with van der Waals surface area (Å²) < 4.78 is 19.3. The summed E-state index contributed by atoms with van der Waals surface area (Å²) in [6.07, 6.45) is 1.92. The van der Waals surface area contributed by atoms with Crippen LogP contribution in [-0.4, -0.2) is 54.3 Å². The van der Waals surface area contributed by atoms with Crippen LogP contribution in [0.5, 0.6) is 0 Å². The number of carbonyl (C=O) groups is 3. The van der Waals surface area contributed by atoms with Gasteiger partial charge in [-0.25, -0.2) is 4.39 Å². The summed E-state index contributed by atoms with van der Waals surface area (Å²) >= 11 is 0. The number of likely N-dealkylation sites (tertiary alicyclic amines) is 1. The van der Waals surface area contributed by atoms with Gasteiger partial charge in [0, 0.05) is 25.1 Å². The smallest absolute Gasteiger partial charge is 0.253 e. The lowest BCUT2D eigenvalue weighted by molar-refractivity contribution is -0.139. The molecule has 7 heteroatoms. The Labute approximate surface area is 151 Å². The summed E-state index contributed by atoms with van der Waals surface area (Å²) in [7, 11) is 0. The van der Waals surface area contributed by atoms with E-state index in [4.69, 9.17) is 4.74 Å². The number of anilines is 1. The number of benzene rings is 1. The van der Waals surface area contributed by atoms with E-state index < -0.39 is 11.4 Å². The summed E-state index contributed by atoms with van der Waals surface area (Å²) in [5, 5.41) is 0. The van der Waals surface area contributed by atoms with Gasteiger partial charge in [0.25, 0.3) is 5.91 Å². The van der Waals surface area contributed by atoms with Crippen LogP contribution in [0.2, 0.25) is 0 Å². The molecule has 2 aliphatic heterocycles. The fourth-order valence-electron chi connectivity index (χ4n) is 3.55. The van der Waals surface area contributed by atoms with Crippen LogP contribution in [0.3, 0.4) is 0 Å². The molecule has 0 aromatic heterocycles. The Hall–Kier alpha value is -2.28. The summed E-state index contributed by atoms with van der Waals surface area (Å²) in [6, 6.07) is 5.93. The molecule has 2 amide bonds. The van der Waals surface area contributed by atoms with Gasteiger partial charge in [-0.3, -0.25) is 9.59 Å². The van der Waals surface area contributed by atoms with Gasteiger partial charge in [-0.15, -0.1) is 0 Å². The minimum Gasteiger partial charge on any atom is -0.361 e. The van der Waals surface area contributed by atoms with Gasteiger partial charge >= 0.3 is 0 Å². The number of ketones is 1. The van der Waals surface area contributed by atoms with Crippen molar-refractivity contribution in [2.45, 2.75) is 38.2 Å². The van der Waals surface area contributed by atoms with Crippen LogP contribution in [0.1, 0.15) is 32.6 Å². The van der Waals surface area contributed by atoms with Crippen LogP contribution in [0.25, 0.3) is 0 Å². The lowest BCUT2D eigenvalue weighted by Crippen LogP contribution is -2.56. The third-order valence-corrected chi connectivity index (χ3v) is 4.96. The van der Waals surface area contributed by atoms with Crippen LogP contribution in [-0.2, 0) is 19.1 Å². The SMILES string of the molecule is CC(=O)CCCC(=O)N1CCC2(C1)CN(c1cccc(F)c1)C(=O)CO2. The van der Waals surface area contributed by atoms with Crippen molar-refractivity contribution in [3.8, 4) is 0 Å². The predicted molar refractivity (Wildman–Crippen MR) is 93.2 cm³/mol. The Morgan fingerprint density at radius 3 is 2.81 bits per heavy atom. The highest BCUT2D eigenvalue weighted by molar-refractivity contribution is 5.95. The maximum atomic E-state index is 13.5. The highest BCUT2D eigenvalue weighted by atomic mass is 19.1. The van der Waals surface area contributed by atoms with E-state index in [1.165, 1.54) is 24.0 Å². The Kier molecular flexibility index (Phi) is 5.36. The number of rotatable bonds is 5. The first kappa shape index (κ1) is 18.5. The van der Waals surface area contributed by atoms with Gasteiger partial charge in [0.2, 0.25) is 5.91 Å². The molecule has 6 nitrogen and oxygen atoms in total. The van der Waals surface area contributed by atoms with E-state index in [9.17, 15) is 18.8 Å². The van der Waals surface area contributed by atoms with Crippen LogP contribution < -0.4 is 4.90 Å². The Bertz CT molecular complexity index is 723. The minimum atomic E-state index is -0.615. The second-order valence-electron chi connectivity index (χ2n) is 7.05. The van der Waals surface area contributed by atoms with Gasteiger partial charge in [-0.2, -0.15) is 0 Å². The van der Waals surface area contributed by atoms with E-state index in [1.807, 2.05) is 0 Å². The van der Waals surface area contributed by atoms with E-state index in [0.717, 1.165) is 0 Å². The van der Waals surface area contributed by atoms with E-state index >= 15 is 0 Å². The predicted octanol–water partition coefficient (Wildman–Crippen LogP) is 1.92. The van der Waals surface area contributed by atoms with Crippen LogP contribution in [0, 0.1) is 5.82 Å². The molecule has 0 radical (unpaired) electrons. The lowest BCUT2D eigenvalue weighted by atomic mass is 10.00. The van der Waals surface area contributed by atoms with Crippen molar-refractivity contribution in [3.63, 3.8) is 0 Å². The van der Waals surface area contributed by atoms with Crippen molar-refractivity contribution in [1.29, 1.82) is 0 Å². The quantitative estimate of drug-likeness (QED) is 0.803. The van der Waals surface area contributed by atoms with Crippen molar-refractivity contribution in [3.05, 3.63) is 30.1 Å². The van der Waals surface area contributed by atoms with Gasteiger partial charge in [-0.1, -0.05) is 6.07 Å². The van der Waals surface area contributed by atoms with E-state index in [1.54, 1.807) is 17.0 Å². The molecule has 2 aliphatic rings. The number of morpholine rings is 1. The van der Waals surface area contributed by atoms with Gasteiger partial charge in [-0.05, 0) is 38.0 Å². The third kappa shape index (κ3) is 4.09. The summed E-state index contributed by atoms with van der Waals surface area (Å²) in [4.78, 5) is 38.9.